The maximum Gasteiger partial charge on any atom is 0.216 e. The zero-order chi connectivity index (χ0) is 14.4. The average molecular weight is 401 g/mol. The van der Waals surface area contributed by atoms with E-state index in [9.17, 15) is 0 Å². The van der Waals surface area contributed by atoms with E-state index in [2.05, 4.69) is 20.3 Å². The fraction of sp³-hybridized carbons (Fsp3) is 0.357. The molecule has 114 valence electrons. The molecule has 0 atom stereocenters. The number of nitrogens with two attached hydrogens (primary N) is 1. The maximum absolute atomic E-state index is 5.78. The van der Waals surface area contributed by atoms with E-state index in [4.69, 9.17) is 10.2 Å². The Balaban J connectivity index is 0.00000220. The second kappa shape index (κ2) is 8.60. The number of hydrogen-bond acceptors (Lipinski definition) is 4. The molecule has 2 aromatic heterocycles. The minimum Gasteiger partial charge on any atom is -0.444 e. The first-order chi connectivity index (χ1) is 9.65. The lowest BCUT2D eigenvalue weighted by molar-refractivity contribution is 0.473. The van der Waals surface area contributed by atoms with Gasteiger partial charge in [0.05, 0.1) is 5.69 Å². The molecule has 7 heteroatoms. The summed E-state index contributed by atoms with van der Waals surface area (Å²) in [6.07, 6.45) is 2.58. The van der Waals surface area contributed by atoms with Crippen molar-refractivity contribution in [1.29, 1.82) is 0 Å². The molecule has 0 aliphatic carbocycles. The van der Waals surface area contributed by atoms with Crippen molar-refractivity contribution >= 4 is 29.9 Å². The highest BCUT2D eigenvalue weighted by molar-refractivity contribution is 14.0. The van der Waals surface area contributed by atoms with Gasteiger partial charge in [0, 0.05) is 24.9 Å². The Kier molecular flexibility index (Phi) is 7.13. The maximum atomic E-state index is 5.78. The van der Waals surface area contributed by atoms with E-state index < -0.39 is 0 Å². The second-order valence-electron chi connectivity index (χ2n) is 4.45. The molecule has 0 spiro atoms. The van der Waals surface area contributed by atoms with Crippen LogP contribution in [0.25, 0.3) is 0 Å². The third-order valence-electron chi connectivity index (χ3n) is 2.87. The van der Waals surface area contributed by atoms with Crippen LogP contribution in [0, 0.1) is 13.8 Å². The Morgan fingerprint density at radius 1 is 1.38 bits per heavy atom. The number of oxazole rings is 1. The first-order valence-electron chi connectivity index (χ1n) is 6.52. The fourth-order valence-electron chi connectivity index (χ4n) is 1.68. The number of rotatable bonds is 5. The summed E-state index contributed by atoms with van der Waals surface area (Å²) in [4.78, 5) is 12.7. The third kappa shape index (κ3) is 5.70. The van der Waals surface area contributed by atoms with Crippen LogP contribution in [0.3, 0.4) is 0 Å². The van der Waals surface area contributed by atoms with Crippen molar-refractivity contribution in [3.63, 3.8) is 0 Å². The molecule has 0 saturated heterocycles. The van der Waals surface area contributed by atoms with Crippen LogP contribution in [0.1, 0.15) is 23.0 Å². The van der Waals surface area contributed by atoms with Gasteiger partial charge in [-0.1, -0.05) is 6.07 Å². The van der Waals surface area contributed by atoms with Crippen LogP contribution in [0.2, 0.25) is 0 Å². The standard InChI is InChI=1S/C14H19N5O.HI/c1-10-11(2)20-13(19-10)9-18-14(15)17-8-6-12-5-3-4-7-16-12;/h3-5,7H,6,8-9H2,1-2H3,(H3,15,17,18);1H. The van der Waals surface area contributed by atoms with Gasteiger partial charge in [0.1, 0.15) is 12.3 Å². The second-order valence-corrected chi connectivity index (χ2v) is 4.45. The molecule has 0 saturated carbocycles. The van der Waals surface area contributed by atoms with Gasteiger partial charge in [0.25, 0.3) is 0 Å². The SMILES string of the molecule is Cc1nc(CN=C(N)NCCc2ccccn2)oc1C.I. The molecular weight excluding hydrogens is 381 g/mol. The Bertz CT molecular complexity index is 563. The van der Waals surface area contributed by atoms with Gasteiger partial charge in [-0.05, 0) is 26.0 Å². The van der Waals surface area contributed by atoms with Crippen LogP contribution in [-0.4, -0.2) is 22.5 Å². The number of hydrogen-bond donors (Lipinski definition) is 2. The number of nitrogens with one attached hydrogen (secondary N) is 1. The lowest BCUT2D eigenvalue weighted by Gasteiger charge is -2.04. The van der Waals surface area contributed by atoms with Crippen molar-refractivity contribution in [1.82, 2.24) is 15.3 Å². The minimum atomic E-state index is 0. The zero-order valence-electron chi connectivity index (χ0n) is 12.2. The van der Waals surface area contributed by atoms with Gasteiger partial charge >= 0.3 is 0 Å². The molecule has 2 heterocycles. The van der Waals surface area contributed by atoms with Crippen LogP contribution in [-0.2, 0) is 13.0 Å². The van der Waals surface area contributed by atoms with Crippen LogP contribution in [0.15, 0.2) is 33.8 Å². The van der Waals surface area contributed by atoms with Gasteiger partial charge in [-0.15, -0.1) is 24.0 Å². The van der Waals surface area contributed by atoms with Gasteiger partial charge in [0.15, 0.2) is 5.96 Å². The number of pyridine rings is 1. The van der Waals surface area contributed by atoms with Crippen molar-refractivity contribution < 1.29 is 4.42 Å². The van der Waals surface area contributed by atoms with E-state index in [1.54, 1.807) is 6.20 Å². The molecule has 0 radical (unpaired) electrons. The summed E-state index contributed by atoms with van der Waals surface area (Å²) in [7, 11) is 0. The van der Waals surface area contributed by atoms with Crippen molar-refractivity contribution in [3.05, 3.63) is 47.4 Å². The lowest BCUT2D eigenvalue weighted by atomic mass is 10.3. The number of aliphatic imine (C=N–C) groups is 1. The fourth-order valence-corrected chi connectivity index (χ4v) is 1.68. The average Bonchev–Trinajstić information content (AvgIpc) is 2.77. The van der Waals surface area contributed by atoms with E-state index in [1.807, 2.05) is 32.0 Å². The van der Waals surface area contributed by atoms with Crippen molar-refractivity contribution in [2.75, 3.05) is 6.54 Å². The minimum absolute atomic E-state index is 0. The molecule has 2 rings (SSSR count). The summed E-state index contributed by atoms with van der Waals surface area (Å²) in [5.41, 5.74) is 7.69. The predicted octanol–water partition coefficient (Wildman–Crippen LogP) is 1.95. The van der Waals surface area contributed by atoms with E-state index in [0.29, 0.717) is 24.9 Å². The highest BCUT2D eigenvalue weighted by atomic mass is 127. The van der Waals surface area contributed by atoms with Gasteiger partial charge < -0.3 is 15.5 Å². The van der Waals surface area contributed by atoms with Crippen molar-refractivity contribution in [3.8, 4) is 0 Å². The zero-order valence-corrected chi connectivity index (χ0v) is 14.5. The molecule has 3 N–H and O–H groups in total. The van der Waals surface area contributed by atoms with Crippen LogP contribution < -0.4 is 11.1 Å². The van der Waals surface area contributed by atoms with Crippen LogP contribution in [0.5, 0.6) is 0 Å². The van der Waals surface area contributed by atoms with Crippen molar-refractivity contribution in [2.45, 2.75) is 26.8 Å². The van der Waals surface area contributed by atoms with Gasteiger partial charge in [-0.25, -0.2) is 9.98 Å². The molecule has 0 fully saturated rings. The summed E-state index contributed by atoms with van der Waals surface area (Å²) >= 11 is 0. The monoisotopic (exact) mass is 401 g/mol. The van der Waals surface area contributed by atoms with Gasteiger partial charge in [0.2, 0.25) is 5.89 Å². The number of aromatic nitrogens is 2. The molecule has 0 bridgehead atoms. The van der Waals surface area contributed by atoms with Crippen LogP contribution >= 0.6 is 24.0 Å². The quantitative estimate of drug-likeness (QED) is 0.454. The summed E-state index contributed by atoms with van der Waals surface area (Å²) in [6, 6.07) is 5.84. The molecule has 2 aromatic rings. The molecule has 6 nitrogen and oxygen atoms in total. The summed E-state index contributed by atoms with van der Waals surface area (Å²) in [5.74, 6) is 1.78. The molecule has 0 aliphatic rings. The molecule has 0 unspecified atom stereocenters. The number of aryl methyl sites for hydroxylation is 2. The van der Waals surface area contributed by atoms with Crippen LogP contribution in [0.4, 0.5) is 0 Å². The van der Waals surface area contributed by atoms with E-state index >= 15 is 0 Å². The van der Waals surface area contributed by atoms with Gasteiger partial charge in [-0.2, -0.15) is 0 Å². The molecule has 0 amide bonds. The Labute approximate surface area is 141 Å². The van der Waals surface area contributed by atoms with E-state index in [-0.39, 0.29) is 24.0 Å². The smallest absolute Gasteiger partial charge is 0.216 e. The number of halogens is 1. The highest BCUT2D eigenvalue weighted by Crippen LogP contribution is 2.08. The first-order valence-corrected chi connectivity index (χ1v) is 6.52. The number of guanidine groups is 1. The Morgan fingerprint density at radius 3 is 2.81 bits per heavy atom. The van der Waals surface area contributed by atoms with Gasteiger partial charge in [-0.3, -0.25) is 4.98 Å². The predicted molar refractivity (Wildman–Crippen MR) is 92.7 cm³/mol. The summed E-state index contributed by atoms with van der Waals surface area (Å²) in [6.45, 7) is 4.82. The Hall–Kier alpha value is -1.64. The van der Waals surface area contributed by atoms with Crippen molar-refractivity contribution in [2.24, 2.45) is 10.7 Å². The normalized spacial score (nSPS) is 11.0. The van der Waals surface area contributed by atoms with E-state index in [1.165, 1.54) is 0 Å². The molecule has 21 heavy (non-hydrogen) atoms. The largest absolute Gasteiger partial charge is 0.444 e. The number of nitrogens with zero attached hydrogens (tertiary/aromatic N) is 3. The first kappa shape index (κ1) is 17.4. The topological polar surface area (TPSA) is 89.3 Å². The van der Waals surface area contributed by atoms with E-state index in [0.717, 1.165) is 23.6 Å². The molecule has 0 aromatic carbocycles. The summed E-state index contributed by atoms with van der Waals surface area (Å²) in [5, 5.41) is 3.04. The summed E-state index contributed by atoms with van der Waals surface area (Å²) < 4.78 is 5.43. The molecule has 0 aliphatic heterocycles. The molecular formula is C14H20IN5O. The highest BCUT2D eigenvalue weighted by Gasteiger charge is 2.04. The lowest BCUT2D eigenvalue weighted by Crippen LogP contribution is -2.33. The Morgan fingerprint density at radius 2 is 2.19 bits per heavy atom. The third-order valence-corrected chi connectivity index (χ3v) is 2.87.